The Bertz CT molecular complexity index is 827. The molecule has 1 atom stereocenters. The fourth-order valence-corrected chi connectivity index (χ4v) is 4.60. The molecule has 2 saturated heterocycles. The van der Waals surface area contributed by atoms with E-state index < -0.39 is 0 Å². The average Bonchev–Trinajstić information content (AvgIpc) is 3.03. The fraction of sp³-hybridized carbons (Fsp3) is 0.565. The lowest BCUT2D eigenvalue weighted by atomic mass is 9.96. The van der Waals surface area contributed by atoms with Crippen molar-refractivity contribution in [1.82, 2.24) is 19.6 Å². The first kappa shape index (κ1) is 20.1. The third kappa shape index (κ3) is 4.70. The highest BCUT2D eigenvalue weighted by Gasteiger charge is 2.27. The minimum atomic E-state index is 0.232. The van der Waals surface area contributed by atoms with Crippen molar-refractivity contribution in [2.24, 2.45) is 5.92 Å². The molecule has 29 heavy (non-hydrogen) atoms. The molecule has 0 spiro atoms. The Morgan fingerprint density at radius 3 is 2.66 bits per heavy atom. The normalized spacial score (nSPS) is 20.8. The molecule has 156 valence electrons. The number of aryl methyl sites for hydroxylation is 1. The zero-order valence-electron chi connectivity index (χ0n) is 17.6. The molecule has 1 aromatic heterocycles. The van der Waals surface area contributed by atoms with Crippen LogP contribution in [0.15, 0.2) is 30.3 Å². The van der Waals surface area contributed by atoms with Crippen molar-refractivity contribution in [2.45, 2.75) is 33.1 Å². The van der Waals surface area contributed by atoms with Crippen molar-refractivity contribution in [2.75, 3.05) is 45.9 Å². The Kier molecular flexibility index (Phi) is 6.31. The van der Waals surface area contributed by atoms with Crippen LogP contribution in [0.3, 0.4) is 0 Å². The third-order valence-electron chi connectivity index (χ3n) is 6.26. The van der Waals surface area contributed by atoms with Crippen molar-refractivity contribution in [3.8, 4) is 5.69 Å². The van der Waals surface area contributed by atoms with Crippen LogP contribution in [-0.4, -0.2) is 71.4 Å². The Morgan fingerprint density at radius 2 is 1.90 bits per heavy atom. The van der Waals surface area contributed by atoms with E-state index in [9.17, 15) is 4.79 Å². The minimum absolute atomic E-state index is 0.232. The van der Waals surface area contributed by atoms with Gasteiger partial charge in [0.2, 0.25) is 5.91 Å². The molecule has 6 nitrogen and oxygen atoms in total. The molecular weight excluding hydrogens is 364 g/mol. The Hall–Kier alpha value is -2.18. The number of likely N-dealkylation sites (tertiary alicyclic amines) is 1. The fourth-order valence-electron chi connectivity index (χ4n) is 4.60. The molecule has 1 unspecified atom stereocenters. The van der Waals surface area contributed by atoms with Crippen LogP contribution in [0.4, 0.5) is 0 Å². The summed E-state index contributed by atoms with van der Waals surface area (Å²) in [5, 5.41) is 4.70. The van der Waals surface area contributed by atoms with Gasteiger partial charge in [0, 0.05) is 44.0 Å². The second-order valence-corrected chi connectivity index (χ2v) is 8.33. The molecule has 2 aromatic rings. The van der Waals surface area contributed by atoms with Gasteiger partial charge in [-0.05, 0) is 44.7 Å². The highest BCUT2D eigenvalue weighted by Crippen LogP contribution is 2.22. The van der Waals surface area contributed by atoms with Crippen molar-refractivity contribution in [3.05, 3.63) is 47.3 Å². The molecule has 1 amide bonds. The monoisotopic (exact) mass is 396 g/mol. The maximum Gasteiger partial charge on any atom is 0.227 e. The number of benzene rings is 1. The summed E-state index contributed by atoms with van der Waals surface area (Å²) >= 11 is 0. The van der Waals surface area contributed by atoms with E-state index in [-0.39, 0.29) is 5.91 Å². The van der Waals surface area contributed by atoms with Crippen LogP contribution in [0, 0.1) is 19.8 Å². The summed E-state index contributed by atoms with van der Waals surface area (Å²) in [6, 6.07) is 10.1. The summed E-state index contributed by atoms with van der Waals surface area (Å²) in [6.45, 7) is 10.6. The quantitative estimate of drug-likeness (QED) is 0.780. The molecule has 2 aliphatic rings. The molecule has 3 heterocycles. The average molecular weight is 397 g/mol. The summed E-state index contributed by atoms with van der Waals surface area (Å²) in [7, 11) is 0. The molecule has 2 fully saturated rings. The van der Waals surface area contributed by atoms with Gasteiger partial charge in [-0.3, -0.25) is 9.69 Å². The van der Waals surface area contributed by atoms with Gasteiger partial charge in [0.05, 0.1) is 31.0 Å². The van der Waals surface area contributed by atoms with Crippen LogP contribution in [0.1, 0.15) is 29.8 Å². The van der Waals surface area contributed by atoms with Crippen LogP contribution < -0.4 is 0 Å². The standard InChI is InChI=1S/C23H32N4O2/c1-18-22(19(2)27(24-18)21-8-4-3-5-9-21)15-23(28)26-10-6-7-20(17-26)16-25-11-13-29-14-12-25/h3-5,8-9,20H,6-7,10-17H2,1-2H3. The van der Waals surface area contributed by atoms with Gasteiger partial charge < -0.3 is 9.64 Å². The van der Waals surface area contributed by atoms with Gasteiger partial charge in [-0.25, -0.2) is 4.68 Å². The number of carbonyl (C=O) groups excluding carboxylic acids is 1. The number of aromatic nitrogens is 2. The second kappa shape index (κ2) is 9.09. The van der Waals surface area contributed by atoms with Crippen molar-refractivity contribution >= 4 is 5.91 Å². The number of para-hydroxylation sites is 1. The molecular formula is C23H32N4O2. The van der Waals surface area contributed by atoms with Crippen LogP contribution >= 0.6 is 0 Å². The zero-order valence-corrected chi connectivity index (χ0v) is 17.6. The van der Waals surface area contributed by atoms with E-state index in [1.807, 2.05) is 41.9 Å². The number of nitrogens with zero attached hydrogens (tertiary/aromatic N) is 4. The number of amides is 1. The summed E-state index contributed by atoms with van der Waals surface area (Å²) < 4.78 is 7.41. The van der Waals surface area contributed by atoms with Crippen molar-refractivity contribution < 1.29 is 9.53 Å². The molecule has 0 bridgehead atoms. The van der Waals surface area contributed by atoms with E-state index in [0.717, 1.165) is 75.0 Å². The molecule has 0 N–H and O–H groups in total. The lowest BCUT2D eigenvalue weighted by molar-refractivity contribution is -0.132. The van der Waals surface area contributed by atoms with Crippen LogP contribution in [-0.2, 0) is 16.0 Å². The lowest BCUT2D eigenvalue weighted by Gasteiger charge is -2.36. The Morgan fingerprint density at radius 1 is 1.14 bits per heavy atom. The van der Waals surface area contributed by atoms with Crippen molar-refractivity contribution in [1.29, 1.82) is 0 Å². The molecule has 2 aliphatic heterocycles. The maximum absolute atomic E-state index is 13.1. The number of ether oxygens (including phenoxy) is 1. The number of hydrogen-bond acceptors (Lipinski definition) is 4. The van der Waals surface area contributed by atoms with Gasteiger partial charge in [0.25, 0.3) is 0 Å². The van der Waals surface area contributed by atoms with E-state index in [4.69, 9.17) is 9.84 Å². The molecule has 1 aromatic carbocycles. The summed E-state index contributed by atoms with van der Waals surface area (Å²) in [5.74, 6) is 0.801. The van der Waals surface area contributed by atoms with E-state index in [1.54, 1.807) is 0 Å². The number of hydrogen-bond donors (Lipinski definition) is 0. The summed E-state index contributed by atoms with van der Waals surface area (Å²) in [6.07, 6.45) is 2.75. The predicted molar refractivity (Wildman–Crippen MR) is 113 cm³/mol. The maximum atomic E-state index is 13.1. The predicted octanol–water partition coefficient (Wildman–Crippen LogP) is 2.60. The molecule has 6 heteroatoms. The van der Waals surface area contributed by atoms with Crippen LogP contribution in [0.25, 0.3) is 5.69 Å². The number of carbonyl (C=O) groups is 1. The highest BCUT2D eigenvalue weighted by molar-refractivity contribution is 5.79. The molecule has 0 aliphatic carbocycles. The topological polar surface area (TPSA) is 50.6 Å². The van der Waals surface area contributed by atoms with E-state index >= 15 is 0 Å². The number of morpholine rings is 1. The summed E-state index contributed by atoms with van der Waals surface area (Å²) in [4.78, 5) is 17.7. The first-order valence-electron chi connectivity index (χ1n) is 10.8. The lowest BCUT2D eigenvalue weighted by Crippen LogP contribution is -2.46. The van der Waals surface area contributed by atoms with Gasteiger partial charge >= 0.3 is 0 Å². The number of piperidine rings is 1. The number of rotatable bonds is 5. The van der Waals surface area contributed by atoms with Gasteiger partial charge in [-0.15, -0.1) is 0 Å². The van der Waals surface area contributed by atoms with Crippen molar-refractivity contribution in [3.63, 3.8) is 0 Å². The van der Waals surface area contributed by atoms with Gasteiger partial charge in [-0.1, -0.05) is 18.2 Å². The zero-order chi connectivity index (χ0) is 20.2. The Balaban J connectivity index is 1.40. The van der Waals surface area contributed by atoms with Gasteiger partial charge in [0.15, 0.2) is 0 Å². The first-order chi connectivity index (χ1) is 14.1. The van der Waals surface area contributed by atoms with E-state index in [1.165, 1.54) is 6.42 Å². The van der Waals surface area contributed by atoms with E-state index in [0.29, 0.717) is 12.3 Å². The SMILES string of the molecule is Cc1nn(-c2ccccc2)c(C)c1CC(=O)N1CCCC(CN2CCOCC2)C1. The minimum Gasteiger partial charge on any atom is -0.379 e. The summed E-state index contributed by atoms with van der Waals surface area (Å²) in [5.41, 5.74) is 4.11. The van der Waals surface area contributed by atoms with Gasteiger partial charge in [0.1, 0.15) is 0 Å². The molecule has 0 saturated carbocycles. The smallest absolute Gasteiger partial charge is 0.227 e. The highest BCUT2D eigenvalue weighted by atomic mass is 16.5. The van der Waals surface area contributed by atoms with Gasteiger partial charge in [-0.2, -0.15) is 5.10 Å². The van der Waals surface area contributed by atoms with Crippen LogP contribution in [0.5, 0.6) is 0 Å². The third-order valence-corrected chi connectivity index (χ3v) is 6.26. The second-order valence-electron chi connectivity index (χ2n) is 8.33. The molecule has 0 radical (unpaired) electrons. The largest absolute Gasteiger partial charge is 0.379 e. The van der Waals surface area contributed by atoms with Crippen LogP contribution in [0.2, 0.25) is 0 Å². The Labute approximate surface area is 173 Å². The van der Waals surface area contributed by atoms with E-state index in [2.05, 4.69) is 16.7 Å². The molecule has 4 rings (SSSR count). The first-order valence-corrected chi connectivity index (χ1v) is 10.8.